The number of halogens is 5. The van der Waals surface area contributed by atoms with E-state index in [9.17, 15) is 26.7 Å². The number of aromatic amines is 1. The van der Waals surface area contributed by atoms with Crippen LogP contribution in [0.25, 0.3) is 11.0 Å². The zero-order valence-electron chi connectivity index (χ0n) is 15.1. The summed E-state index contributed by atoms with van der Waals surface area (Å²) in [6.07, 6.45) is -4.68. The minimum atomic E-state index is -4.68. The van der Waals surface area contributed by atoms with E-state index in [1.807, 2.05) is 0 Å². The number of fused-ring (bicyclic) bond motifs is 1. The minimum Gasteiger partial charge on any atom is -0.348 e. The fourth-order valence-electron chi connectivity index (χ4n) is 2.85. The summed E-state index contributed by atoms with van der Waals surface area (Å²) in [5, 5.41) is 3.92. The molecule has 0 aliphatic rings. The highest BCUT2D eigenvalue weighted by Gasteiger charge is 2.32. The number of anilines is 1. The fraction of sp³-hybridized carbons (Fsp3) is 0.353. The van der Waals surface area contributed by atoms with Gasteiger partial charge in [0.15, 0.2) is 5.65 Å². The van der Waals surface area contributed by atoms with Crippen molar-refractivity contribution in [2.45, 2.75) is 25.8 Å². The summed E-state index contributed by atoms with van der Waals surface area (Å²) < 4.78 is 67.2. The van der Waals surface area contributed by atoms with Crippen LogP contribution in [0.15, 0.2) is 23.0 Å². The third-order valence-corrected chi connectivity index (χ3v) is 4.32. The van der Waals surface area contributed by atoms with Crippen molar-refractivity contribution < 1.29 is 22.0 Å². The number of hydrogen-bond acceptors (Lipinski definition) is 4. The number of benzene rings is 1. The van der Waals surface area contributed by atoms with Crippen LogP contribution in [0.3, 0.4) is 0 Å². The maximum absolute atomic E-state index is 14.4. The molecular formula is C17H16F5N5O. The van der Waals surface area contributed by atoms with E-state index < -0.39 is 35.8 Å². The van der Waals surface area contributed by atoms with E-state index in [-0.39, 0.29) is 28.2 Å². The van der Waals surface area contributed by atoms with Crippen LogP contribution in [-0.2, 0) is 12.9 Å². The number of nitrogens with zero attached hydrogens (tertiary/aromatic N) is 4. The predicted molar refractivity (Wildman–Crippen MR) is 92.5 cm³/mol. The molecule has 0 bridgehead atoms. The summed E-state index contributed by atoms with van der Waals surface area (Å²) in [6, 6.07) is 1.20. The lowest BCUT2D eigenvalue weighted by atomic mass is 10.0. The summed E-state index contributed by atoms with van der Waals surface area (Å²) in [5.74, 6) is -0.922. The van der Waals surface area contributed by atoms with Gasteiger partial charge in [0.1, 0.15) is 23.6 Å². The van der Waals surface area contributed by atoms with Gasteiger partial charge in [-0.2, -0.15) is 23.3 Å². The molecule has 1 atom stereocenters. The fourth-order valence-corrected chi connectivity index (χ4v) is 2.85. The molecule has 0 aliphatic carbocycles. The van der Waals surface area contributed by atoms with Gasteiger partial charge in [0, 0.05) is 19.7 Å². The number of alkyl halides is 4. The Morgan fingerprint density at radius 3 is 2.50 bits per heavy atom. The van der Waals surface area contributed by atoms with Gasteiger partial charge >= 0.3 is 6.18 Å². The van der Waals surface area contributed by atoms with Crippen molar-refractivity contribution in [2.24, 2.45) is 0 Å². The molecule has 0 aliphatic heterocycles. The first-order valence-corrected chi connectivity index (χ1v) is 8.16. The largest absolute Gasteiger partial charge is 0.416 e. The quantitative estimate of drug-likeness (QED) is 0.681. The summed E-state index contributed by atoms with van der Waals surface area (Å²) in [4.78, 5) is 20.6. The lowest BCUT2D eigenvalue weighted by Gasteiger charge is -2.17. The number of rotatable bonds is 4. The molecule has 0 saturated heterocycles. The van der Waals surface area contributed by atoms with Crippen LogP contribution in [0, 0.1) is 5.82 Å². The van der Waals surface area contributed by atoms with Gasteiger partial charge in [0.2, 0.25) is 5.95 Å². The molecule has 6 nitrogen and oxygen atoms in total. The van der Waals surface area contributed by atoms with Crippen molar-refractivity contribution in [2.75, 3.05) is 19.0 Å². The lowest BCUT2D eigenvalue weighted by Crippen LogP contribution is -2.20. The Morgan fingerprint density at radius 1 is 1.29 bits per heavy atom. The van der Waals surface area contributed by atoms with Gasteiger partial charge in [-0.1, -0.05) is 6.07 Å². The Kier molecular flexibility index (Phi) is 4.86. The molecule has 0 spiro atoms. The molecule has 0 fully saturated rings. The lowest BCUT2D eigenvalue weighted by molar-refractivity contribution is -0.137. The van der Waals surface area contributed by atoms with Crippen molar-refractivity contribution in [1.29, 1.82) is 0 Å². The van der Waals surface area contributed by atoms with E-state index in [1.54, 1.807) is 14.1 Å². The van der Waals surface area contributed by atoms with Crippen molar-refractivity contribution >= 4 is 17.0 Å². The number of hydrogen-bond donors (Lipinski definition) is 1. The highest BCUT2D eigenvalue weighted by atomic mass is 19.4. The standard InChI is InChI=1S/C17H16F5N5O/c1-8(10-5-4-9(6-11(10)19)17(20,21)22)27-14-13(12(7-18)25-27)15(28)24-16(23-14)26(2)3/h4-6,8H,7H2,1-3H3,(H,23,24,28)/t8-/m0/s1. The first-order valence-electron chi connectivity index (χ1n) is 8.16. The van der Waals surface area contributed by atoms with Gasteiger partial charge in [0.25, 0.3) is 5.56 Å². The van der Waals surface area contributed by atoms with Crippen molar-refractivity contribution in [3.05, 3.63) is 51.2 Å². The van der Waals surface area contributed by atoms with Gasteiger partial charge in [-0.25, -0.2) is 13.5 Å². The van der Waals surface area contributed by atoms with Crippen LogP contribution in [0.4, 0.5) is 27.9 Å². The third-order valence-electron chi connectivity index (χ3n) is 4.32. The van der Waals surface area contributed by atoms with E-state index in [2.05, 4.69) is 15.1 Å². The van der Waals surface area contributed by atoms with E-state index in [0.29, 0.717) is 6.07 Å². The molecule has 2 heterocycles. The van der Waals surface area contributed by atoms with Crippen molar-refractivity contribution in [3.8, 4) is 0 Å². The van der Waals surface area contributed by atoms with Crippen molar-refractivity contribution in [3.63, 3.8) is 0 Å². The molecule has 1 aromatic carbocycles. The zero-order valence-corrected chi connectivity index (χ0v) is 15.1. The number of nitrogens with one attached hydrogen (secondary N) is 1. The molecule has 2 aromatic heterocycles. The molecule has 11 heteroatoms. The first kappa shape index (κ1) is 19.8. The molecule has 3 rings (SSSR count). The Balaban J connectivity index is 2.19. The van der Waals surface area contributed by atoms with Gasteiger partial charge in [-0.3, -0.25) is 9.78 Å². The second kappa shape index (κ2) is 6.88. The van der Waals surface area contributed by atoms with Crippen LogP contribution in [0.5, 0.6) is 0 Å². The van der Waals surface area contributed by atoms with Crippen LogP contribution < -0.4 is 10.5 Å². The van der Waals surface area contributed by atoms with Crippen LogP contribution >= 0.6 is 0 Å². The van der Waals surface area contributed by atoms with Gasteiger partial charge in [-0.05, 0) is 19.1 Å². The van der Waals surface area contributed by atoms with Crippen molar-refractivity contribution in [1.82, 2.24) is 19.7 Å². The molecule has 0 saturated carbocycles. The average molecular weight is 401 g/mol. The molecule has 3 aromatic rings. The summed E-state index contributed by atoms with van der Waals surface area (Å²) in [7, 11) is 3.25. The minimum absolute atomic E-state index is 0.00639. The SMILES string of the molecule is C[C@@H](c1ccc(C(F)(F)F)cc1F)n1nc(CF)c2c(=O)[nH]c(N(C)C)nc21. The smallest absolute Gasteiger partial charge is 0.348 e. The first-order chi connectivity index (χ1) is 13.0. The summed E-state index contributed by atoms with van der Waals surface area (Å²) in [5.41, 5.74) is -2.02. The summed E-state index contributed by atoms with van der Waals surface area (Å²) >= 11 is 0. The van der Waals surface area contributed by atoms with Crippen LogP contribution in [-0.4, -0.2) is 33.8 Å². The molecule has 0 unspecified atom stereocenters. The van der Waals surface area contributed by atoms with Gasteiger partial charge in [-0.15, -0.1) is 0 Å². The molecule has 28 heavy (non-hydrogen) atoms. The monoisotopic (exact) mass is 401 g/mol. The molecule has 150 valence electrons. The maximum atomic E-state index is 14.4. The van der Waals surface area contributed by atoms with E-state index in [4.69, 9.17) is 0 Å². The Morgan fingerprint density at radius 2 is 1.96 bits per heavy atom. The molecule has 1 N–H and O–H groups in total. The van der Waals surface area contributed by atoms with E-state index in [0.717, 1.165) is 16.8 Å². The van der Waals surface area contributed by atoms with E-state index >= 15 is 0 Å². The molecule has 0 amide bonds. The predicted octanol–water partition coefficient (Wildman–Crippen LogP) is 3.42. The van der Waals surface area contributed by atoms with Gasteiger partial charge in [0.05, 0.1) is 11.6 Å². The normalized spacial score (nSPS) is 13.1. The highest BCUT2D eigenvalue weighted by molar-refractivity contribution is 5.78. The van der Waals surface area contributed by atoms with E-state index in [1.165, 1.54) is 11.8 Å². The van der Waals surface area contributed by atoms with Crippen LogP contribution in [0.2, 0.25) is 0 Å². The second-order valence-electron chi connectivity index (χ2n) is 6.42. The zero-order chi connectivity index (χ0) is 20.8. The Labute approximate surface area is 155 Å². The number of H-pyrrole nitrogens is 1. The molecule has 0 radical (unpaired) electrons. The Hall–Kier alpha value is -2.98. The average Bonchev–Trinajstić information content (AvgIpc) is 2.99. The Bertz CT molecular complexity index is 1090. The second-order valence-corrected chi connectivity index (χ2v) is 6.42. The topological polar surface area (TPSA) is 66.8 Å². The van der Waals surface area contributed by atoms with Gasteiger partial charge < -0.3 is 4.90 Å². The maximum Gasteiger partial charge on any atom is 0.416 e. The highest BCUT2D eigenvalue weighted by Crippen LogP contribution is 2.32. The third kappa shape index (κ3) is 3.32. The van der Waals surface area contributed by atoms with Crippen LogP contribution in [0.1, 0.15) is 29.8 Å². The number of aromatic nitrogens is 4. The molecular weight excluding hydrogens is 385 g/mol. The summed E-state index contributed by atoms with van der Waals surface area (Å²) in [6.45, 7) is 0.413.